The van der Waals surface area contributed by atoms with Gasteiger partial charge in [-0.05, 0) is 13.3 Å². The second-order valence-electron chi connectivity index (χ2n) is 4.33. The van der Waals surface area contributed by atoms with Gasteiger partial charge in [0.25, 0.3) is 0 Å². The van der Waals surface area contributed by atoms with Crippen LogP contribution in [-0.4, -0.2) is 23.7 Å². The summed E-state index contributed by atoms with van der Waals surface area (Å²) >= 11 is 0. The van der Waals surface area contributed by atoms with E-state index in [1.807, 2.05) is 0 Å². The summed E-state index contributed by atoms with van der Waals surface area (Å²) < 4.78 is 5.32. The van der Waals surface area contributed by atoms with Crippen LogP contribution in [0.1, 0.15) is 37.8 Å². The number of aliphatic imine (C=N–C) groups is 1. The molecule has 0 aliphatic carbocycles. The zero-order valence-corrected chi connectivity index (χ0v) is 10.7. The smallest absolute Gasteiger partial charge is 0.191 e. The van der Waals surface area contributed by atoms with Gasteiger partial charge in [-0.1, -0.05) is 19.0 Å². The molecule has 17 heavy (non-hydrogen) atoms. The summed E-state index contributed by atoms with van der Waals surface area (Å²) in [5, 5.41) is 10.7. The van der Waals surface area contributed by atoms with Crippen LogP contribution in [0, 0.1) is 0 Å². The Kier molecular flexibility index (Phi) is 3.66. The molecule has 1 aromatic rings. The molecule has 0 aromatic carbocycles. The van der Waals surface area contributed by atoms with Crippen molar-refractivity contribution in [3.05, 3.63) is 17.0 Å². The summed E-state index contributed by atoms with van der Waals surface area (Å²) in [4.78, 5) is 4.37. The molecule has 1 aromatic heterocycles. The van der Waals surface area contributed by atoms with Crippen molar-refractivity contribution in [1.82, 2.24) is 15.8 Å². The Hall–Kier alpha value is -1.52. The van der Waals surface area contributed by atoms with Crippen molar-refractivity contribution in [2.24, 2.45) is 4.99 Å². The Labute approximate surface area is 102 Å². The van der Waals surface area contributed by atoms with Gasteiger partial charge in [0.2, 0.25) is 0 Å². The van der Waals surface area contributed by atoms with Crippen molar-refractivity contribution in [2.75, 3.05) is 6.54 Å². The lowest BCUT2D eigenvalue weighted by molar-refractivity contribution is 0.380. The zero-order valence-electron chi connectivity index (χ0n) is 10.7. The third-order valence-electron chi connectivity index (χ3n) is 2.95. The molecule has 2 N–H and O–H groups in total. The Balaban J connectivity index is 2.00. The van der Waals surface area contributed by atoms with Crippen molar-refractivity contribution in [1.29, 1.82) is 0 Å². The zero-order chi connectivity index (χ0) is 12.3. The average Bonchev–Trinajstić information content (AvgIpc) is 2.91. The highest BCUT2D eigenvalue weighted by atomic mass is 16.5. The number of nitrogens with one attached hydrogen (secondary N) is 2. The monoisotopic (exact) mass is 236 g/mol. The minimum atomic E-state index is 0.427. The SMILES string of the molecule is CCc1noc(CC)c1CNC1=NCC(C)N1. The molecule has 1 aliphatic heterocycles. The molecule has 0 saturated heterocycles. The average molecular weight is 236 g/mol. The lowest BCUT2D eigenvalue weighted by atomic mass is 10.1. The molecular weight excluding hydrogens is 216 g/mol. The summed E-state index contributed by atoms with van der Waals surface area (Å²) in [6.45, 7) is 7.86. The number of rotatable bonds is 4. The van der Waals surface area contributed by atoms with Crippen molar-refractivity contribution >= 4 is 5.96 Å². The number of hydrogen-bond acceptors (Lipinski definition) is 5. The van der Waals surface area contributed by atoms with Crippen LogP contribution in [0.15, 0.2) is 9.52 Å². The van der Waals surface area contributed by atoms with E-state index in [1.165, 1.54) is 5.56 Å². The molecule has 5 heteroatoms. The van der Waals surface area contributed by atoms with E-state index in [4.69, 9.17) is 4.52 Å². The van der Waals surface area contributed by atoms with Crippen LogP contribution in [0.3, 0.4) is 0 Å². The number of aromatic nitrogens is 1. The first-order valence-corrected chi connectivity index (χ1v) is 6.25. The van der Waals surface area contributed by atoms with Crippen molar-refractivity contribution in [2.45, 2.75) is 46.2 Å². The lowest BCUT2D eigenvalue weighted by Gasteiger charge is -2.08. The normalized spacial score (nSPS) is 19.0. The fourth-order valence-electron chi connectivity index (χ4n) is 1.97. The molecule has 0 spiro atoms. The van der Waals surface area contributed by atoms with Gasteiger partial charge in [-0.3, -0.25) is 4.99 Å². The first-order chi connectivity index (χ1) is 8.24. The quantitative estimate of drug-likeness (QED) is 0.825. The topological polar surface area (TPSA) is 62.5 Å². The highest BCUT2D eigenvalue weighted by molar-refractivity contribution is 5.81. The van der Waals surface area contributed by atoms with E-state index in [2.05, 4.69) is 41.6 Å². The Morgan fingerprint density at radius 3 is 2.82 bits per heavy atom. The molecule has 2 rings (SSSR count). The van der Waals surface area contributed by atoms with E-state index >= 15 is 0 Å². The number of aryl methyl sites for hydroxylation is 2. The fourth-order valence-corrected chi connectivity index (χ4v) is 1.97. The van der Waals surface area contributed by atoms with Crippen LogP contribution in [0.25, 0.3) is 0 Å². The van der Waals surface area contributed by atoms with Crippen LogP contribution < -0.4 is 10.6 Å². The van der Waals surface area contributed by atoms with Gasteiger partial charge in [0.15, 0.2) is 5.96 Å². The van der Waals surface area contributed by atoms with Gasteiger partial charge in [-0.15, -0.1) is 0 Å². The van der Waals surface area contributed by atoms with Gasteiger partial charge in [-0.2, -0.15) is 0 Å². The van der Waals surface area contributed by atoms with E-state index in [-0.39, 0.29) is 0 Å². The van der Waals surface area contributed by atoms with Crippen molar-refractivity contribution in [3.63, 3.8) is 0 Å². The predicted octanol–water partition coefficient (Wildman–Crippen LogP) is 1.24. The minimum absolute atomic E-state index is 0.427. The van der Waals surface area contributed by atoms with Crippen LogP contribution in [0.5, 0.6) is 0 Å². The molecule has 0 fully saturated rings. The summed E-state index contributed by atoms with van der Waals surface area (Å²) in [6, 6.07) is 0.427. The molecular formula is C12H20N4O. The van der Waals surface area contributed by atoms with Crippen LogP contribution >= 0.6 is 0 Å². The summed E-state index contributed by atoms with van der Waals surface area (Å²) in [7, 11) is 0. The fraction of sp³-hybridized carbons (Fsp3) is 0.667. The molecule has 5 nitrogen and oxygen atoms in total. The third-order valence-corrected chi connectivity index (χ3v) is 2.95. The first kappa shape index (κ1) is 12.0. The Bertz CT molecular complexity index is 389. The van der Waals surface area contributed by atoms with Gasteiger partial charge in [0, 0.05) is 24.6 Å². The number of hydrogen-bond donors (Lipinski definition) is 2. The molecule has 0 radical (unpaired) electrons. The van der Waals surface area contributed by atoms with E-state index in [9.17, 15) is 0 Å². The predicted molar refractivity (Wildman–Crippen MR) is 67.0 cm³/mol. The summed E-state index contributed by atoms with van der Waals surface area (Å²) in [6.07, 6.45) is 1.77. The Morgan fingerprint density at radius 1 is 1.41 bits per heavy atom. The van der Waals surface area contributed by atoms with Gasteiger partial charge in [-0.25, -0.2) is 0 Å². The summed E-state index contributed by atoms with van der Waals surface area (Å²) in [5.41, 5.74) is 2.22. The summed E-state index contributed by atoms with van der Waals surface area (Å²) in [5.74, 6) is 1.85. The number of guanidine groups is 1. The standard InChI is InChI=1S/C12H20N4O/c1-4-10-9(11(5-2)17-16-10)7-14-12-13-6-8(3)15-12/h8H,4-7H2,1-3H3,(H2,13,14,15). The van der Waals surface area contributed by atoms with Crippen LogP contribution in [0.4, 0.5) is 0 Å². The molecule has 0 amide bonds. The maximum Gasteiger partial charge on any atom is 0.191 e. The Morgan fingerprint density at radius 2 is 2.24 bits per heavy atom. The van der Waals surface area contributed by atoms with E-state index < -0.39 is 0 Å². The molecule has 1 atom stereocenters. The molecule has 94 valence electrons. The minimum Gasteiger partial charge on any atom is -0.361 e. The second kappa shape index (κ2) is 5.21. The molecule has 2 heterocycles. The van der Waals surface area contributed by atoms with Crippen LogP contribution in [-0.2, 0) is 19.4 Å². The second-order valence-corrected chi connectivity index (χ2v) is 4.33. The first-order valence-electron chi connectivity index (χ1n) is 6.25. The van der Waals surface area contributed by atoms with Gasteiger partial charge in [0.1, 0.15) is 5.76 Å². The maximum absolute atomic E-state index is 5.32. The van der Waals surface area contributed by atoms with Crippen molar-refractivity contribution in [3.8, 4) is 0 Å². The largest absolute Gasteiger partial charge is 0.361 e. The van der Waals surface area contributed by atoms with Crippen molar-refractivity contribution < 1.29 is 4.52 Å². The van der Waals surface area contributed by atoms with Gasteiger partial charge in [0.05, 0.1) is 12.2 Å². The maximum atomic E-state index is 5.32. The third kappa shape index (κ3) is 2.60. The molecule has 0 bridgehead atoms. The number of nitrogens with zero attached hydrogens (tertiary/aromatic N) is 2. The highest BCUT2D eigenvalue weighted by Crippen LogP contribution is 2.15. The van der Waals surface area contributed by atoms with Crippen LogP contribution in [0.2, 0.25) is 0 Å². The van der Waals surface area contributed by atoms with E-state index in [1.54, 1.807) is 0 Å². The molecule has 0 saturated carbocycles. The van der Waals surface area contributed by atoms with E-state index in [0.717, 1.165) is 43.3 Å². The highest BCUT2D eigenvalue weighted by Gasteiger charge is 2.16. The lowest BCUT2D eigenvalue weighted by Crippen LogP contribution is -2.37. The van der Waals surface area contributed by atoms with E-state index in [0.29, 0.717) is 6.04 Å². The van der Waals surface area contributed by atoms with Gasteiger partial charge >= 0.3 is 0 Å². The van der Waals surface area contributed by atoms with Gasteiger partial charge < -0.3 is 15.2 Å². The molecule has 1 unspecified atom stereocenters. The molecule has 1 aliphatic rings.